The van der Waals surface area contributed by atoms with Gasteiger partial charge in [0, 0.05) is 47.5 Å². The predicted molar refractivity (Wildman–Crippen MR) is 95.2 cm³/mol. The molecule has 3 nitrogen and oxygen atoms in total. The van der Waals surface area contributed by atoms with E-state index >= 15 is 0 Å². The van der Waals surface area contributed by atoms with Crippen LogP contribution in [0.15, 0.2) is 47.1 Å². The Kier molecular flexibility index (Phi) is 5.04. The lowest BCUT2D eigenvalue weighted by Gasteiger charge is -2.28. The Balaban J connectivity index is 1.57. The van der Waals surface area contributed by atoms with Crippen molar-refractivity contribution >= 4 is 39.2 Å². The molecule has 1 N–H and O–H groups in total. The van der Waals surface area contributed by atoms with E-state index in [1.54, 1.807) is 6.20 Å². The van der Waals surface area contributed by atoms with Gasteiger partial charge in [0.1, 0.15) is 5.82 Å². The van der Waals surface area contributed by atoms with Gasteiger partial charge in [-0.05, 0) is 45.8 Å². The van der Waals surface area contributed by atoms with Crippen molar-refractivity contribution in [3.05, 3.63) is 52.6 Å². The molecule has 5 heteroatoms. The van der Waals surface area contributed by atoms with Gasteiger partial charge in [-0.3, -0.25) is 0 Å². The highest BCUT2D eigenvalue weighted by Crippen LogP contribution is 2.20. The maximum Gasteiger partial charge on any atom is 0.126 e. The molecule has 0 aliphatic carbocycles. The van der Waals surface area contributed by atoms with Crippen molar-refractivity contribution in [1.29, 1.82) is 0 Å². The fourth-order valence-corrected chi connectivity index (χ4v) is 3.46. The average molecular weight is 364 g/mol. The summed E-state index contributed by atoms with van der Waals surface area (Å²) in [4.78, 5) is 6.78. The molecule has 0 spiro atoms. The van der Waals surface area contributed by atoms with Crippen LogP contribution in [0.2, 0.25) is 0 Å². The molecular weight excluding hydrogens is 346 g/mol. The molecule has 0 radical (unpaired) electrons. The molecule has 1 aromatic carbocycles. The molecule has 0 unspecified atom stereocenters. The van der Waals surface area contributed by atoms with Crippen LogP contribution >= 0.6 is 27.7 Å². The van der Waals surface area contributed by atoms with Crippen molar-refractivity contribution < 1.29 is 0 Å². The maximum absolute atomic E-state index is 4.32. The van der Waals surface area contributed by atoms with Gasteiger partial charge in [0.15, 0.2) is 0 Å². The van der Waals surface area contributed by atoms with Gasteiger partial charge in [-0.25, -0.2) is 4.98 Å². The summed E-state index contributed by atoms with van der Waals surface area (Å²) in [5.41, 5.74) is 2.61. The molecule has 2 aromatic rings. The smallest absolute Gasteiger partial charge is 0.126 e. The number of nitrogens with one attached hydrogen (secondary N) is 1. The molecule has 1 aromatic heterocycles. The van der Waals surface area contributed by atoms with Gasteiger partial charge >= 0.3 is 0 Å². The number of hydrogen-bond acceptors (Lipinski definition) is 4. The number of anilines is 2. The number of halogens is 1. The minimum Gasteiger partial charge on any atom is -0.370 e. The molecule has 1 aliphatic heterocycles. The Labute approximate surface area is 138 Å². The van der Waals surface area contributed by atoms with Gasteiger partial charge < -0.3 is 10.2 Å². The van der Waals surface area contributed by atoms with Gasteiger partial charge in [-0.2, -0.15) is 11.8 Å². The second kappa shape index (κ2) is 7.18. The number of aromatic nitrogens is 1. The third-order valence-corrected chi connectivity index (χ3v) is 4.93. The monoisotopic (exact) mass is 363 g/mol. The zero-order chi connectivity index (χ0) is 14.5. The molecular formula is C16H18BrN3S. The van der Waals surface area contributed by atoms with Gasteiger partial charge in [0.25, 0.3) is 0 Å². The molecule has 21 heavy (non-hydrogen) atoms. The zero-order valence-electron chi connectivity index (χ0n) is 11.8. The Morgan fingerprint density at radius 3 is 2.52 bits per heavy atom. The lowest BCUT2D eigenvalue weighted by Crippen LogP contribution is -2.32. The van der Waals surface area contributed by atoms with Crippen molar-refractivity contribution in [2.24, 2.45) is 0 Å². The highest BCUT2D eigenvalue weighted by Gasteiger charge is 2.10. The molecule has 0 amide bonds. The number of nitrogens with zero attached hydrogens (tertiary/aromatic N) is 2. The SMILES string of the molecule is Brc1ccc(NCc2ccc(N3CCSCC3)cc2)nc1. The Morgan fingerprint density at radius 2 is 1.86 bits per heavy atom. The number of thioether (sulfide) groups is 1. The summed E-state index contributed by atoms with van der Waals surface area (Å²) < 4.78 is 0.997. The average Bonchev–Trinajstić information content (AvgIpc) is 2.56. The molecule has 0 saturated carbocycles. The third-order valence-electron chi connectivity index (χ3n) is 3.51. The maximum atomic E-state index is 4.32. The first-order valence-electron chi connectivity index (χ1n) is 7.08. The summed E-state index contributed by atoms with van der Waals surface area (Å²) in [6.45, 7) is 3.11. The first-order valence-corrected chi connectivity index (χ1v) is 9.03. The highest BCUT2D eigenvalue weighted by atomic mass is 79.9. The van der Waals surface area contributed by atoms with Crippen molar-refractivity contribution in [2.75, 3.05) is 34.8 Å². The number of pyridine rings is 1. The third kappa shape index (κ3) is 4.14. The van der Waals surface area contributed by atoms with Crippen LogP contribution in [-0.4, -0.2) is 29.6 Å². The van der Waals surface area contributed by atoms with Gasteiger partial charge in [-0.1, -0.05) is 12.1 Å². The molecule has 1 fully saturated rings. The molecule has 1 saturated heterocycles. The van der Waals surface area contributed by atoms with Crippen LogP contribution in [0.25, 0.3) is 0 Å². The van der Waals surface area contributed by atoms with Crippen LogP contribution in [0.1, 0.15) is 5.56 Å². The molecule has 0 bridgehead atoms. The summed E-state index contributed by atoms with van der Waals surface area (Å²) in [6.07, 6.45) is 1.81. The summed E-state index contributed by atoms with van der Waals surface area (Å²) in [7, 11) is 0. The van der Waals surface area contributed by atoms with Gasteiger partial charge in [-0.15, -0.1) is 0 Å². The van der Waals surface area contributed by atoms with Crippen LogP contribution in [0.5, 0.6) is 0 Å². The van der Waals surface area contributed by atoms with E-state index in [9.17, 15) is 0 Å². The summed E-state index contributed by atoms with van der Waals surface area (Å²) in [6, 6.07) is 12.8. The lowest BCUT2D eigenvalue weighted by molar-refractivity contribution is 0.858. The van der Waals surface area contributed by atoms with Crippen molar-refractivity contribution in [1.82, 2.24) is 4.98 Å². The number of benzene rings is 1. The molecule has 2 heterocycles. The predicted octanol–water partition coefficient (Wildman–Crippen LogP) is 4.01. The minimum atomic E-state index is 0.796. The van der Waals surface area contributed by atoms with Crippen LogP contribution in [0, 0.1) is 0 Å². The molecule has 1 aliphatic rings. The second-order valence-corrected chi connectivity index (χ2v) is 7.12. The first kappa shape index (κ1) is 14.7. The summed E-state index contributed by atoms with van der Waals surface area (Å²) >= 11 is 5.43. The highest BCUT2D eigenvalue weighted by molar-refractivity contribution is 9.10. The van der Waals surface area contributed by atoms with Crippen molar-refractivity contribution in [3.63, 3.8) is 0 Å². The minimum absolute atomic E-state index is 0.796. The van der Waals surface area contributed by atoms with Crippen molar-refractivity contribution in [3.8, 4) is 0 Å². The molecule has 110 valence electrons. The number of hydrogen-bond donors (Lipinski definition) is 1. The van der Waals surface area contributed by atoms with Crippen LogP contribution in [0.4, 0.5) is 11.5 Å². The quantitative estimate of drug-likeness (QED) is 0.887. The molecule has 0 atom stereocenters. The number of rotatable bonds is 4. The topological polar surface area (TPSA) is 28.2 Å². The second-order valence-electron chi connectivity index (χ2n) is 4.98. The Morgan fingerprint density at radius 1 is 1.10 bits per heavy atom. The van der Waals surface area contributed by atoms with E-state index in [4.69, 9.17) is 0 Å². The van der Waals surface area contributed by atoms with Crippen LogP contribution in [-0.2, 0) is 6.54 Å². The van der Waals surface area contributed by atoms with E-state index in [1.165, 1.54) is 22.8 Å². The van der Waals surface area contributed by atoms with E-state index in [-0.39, 0.29) is 0 Å². The summed E-state index contributed by atoms with van der Waals surface area (Å²) in [5.74, 6) is 3.37. The lowest BCUT2D eigenvalue weighted by atomic mass is 10.2. The van der Waals surface area contributed by atoms with E-state index in [1.807, 2.05) is 23.9 Å². The van der Waals surface area contributed by atoms with E-state index in [0.29, 0.717) is 0 Å². The standard InChI is InChI=1S/C16H18BrN3S/c17-14-3-6-16(19-12-14)18-11-13-1-4-15(5-2-13)20-7-9-21-10-8-20/h1-6,12H,7-11H2,(H,18,19). The fraction of sp³-hybridized carbons (Fsp3) is 0.312. The fourth-order valence-electron chi connectivity index (χ4n) is 2.32. The van der Waals surface area contributed by atoms with Gasteiger partial charge in [0.05, 0.1) is 0 Å². The van der Waals surface area contributed by atoms with Crippen LogP contribution in [0.3, 0.4) is 0 Å². The zero-order valence-corrected chi connectivity index (χ0v) is 14.2. The van der Waals surface area contributed by atoms with E-state index < -0.39 is 0 Å². The largest absolute Gasteiger partial charge is 0.370 e. The van der Waals surface area contributed by atoms with E-state index in [0.717, 1.165) is 29.9 Å². The molecule has 3 rings (SSSR count). The van der Waals surface area contributed by atoms with Crippen molar-refractivity contribution in [2.45, 2.75) is 6.54 Å². The van der Waals surface area contributed by atoms with Crippen LogP contribution < -0.4 is 10.2 Å². The normalized spacial score (nSPS) is 15.0. The van der Waals surface area contributed by atoms with Gasteiger partial charge in [0.2, 0.25) is 0 Å². The first-order chi connectivity index (χ1) is 10.3. The summed E-state index contributed by atoms with van der Waals surface area (Å²) in [5, 5.41) is 3.34. The Bertz CT molecular complexity index is 565. The van der Waals surface area contributed by atoms with E-state index in [2.05, 4.69) is 55.4 Å². The Hall–Kier alpha value is -1.20.